The van der Waals surface area contributed by atoms with Gasteiger partial charge in [-0.05, 0) is 60.9 Å². The molecule has 0 bridgehead atoms. The molecule has 1 aliphatic carbocycles. The van der Waals surface area contributed by atoms with Gasteiger partial charge in [0.05, 0.1) is 22.6 Å². The number of halogens is 1. The molecule has 194 valence electrons. The summed E-state index contributed by atoms with van der Waals surface area (Å²) in [4.78, 5) is 26.2. The van der Waals surface area contributed by atoms with Crippen LogP contribution in [0, 0.1) is 0 Å². The van der Waals surface area contributed by atoms with E-state index in [1.807, 2.05) is 79.0 Å². The van der Waals surface area contributed by atoms with E-state index in [2.05, 4.69) is 11.4 Å². The number of benzene rings is 3. The molecule has 1 heterocycles. The SMILES string of the molecule is CCOC(=O)C1(c2ccc(-c3ccccc3-c3sccc3NC(=O)OC(C)c3ccccc3Cl)cc2)CC1. The van der Waals surface area contributed by atoms with E-state index >= 15 is 0 Å². The van der Waals surface area contributed by atoms with E-state index in [0.717, 1.165) is 45.5 Å². The molecule has 1 fully saturated rings. The summed E-state index contributed by atoms with van der Waals surface area (Å²) in [6.45, 7) is 4.01. The number of hydrogen-bond acceptors (Lipinski definition) is 5. The van der Waals surface area contributed by atoms with Gasteiger partial charge in [0.15, 0.2) is 0 Å². The molecule has 1 aromatic heterocycles. The average molecular weight is 546 g/mol. The molecular weight excluding hydrogens is 518 g/mol. The zero-order chi connectivity index (χ0) is 26.7. The first-order valence-corrected chi connectivity index (χ1v) is 13.9. The van der Waals surface area contributed by atoms with Crippen LogP contribution in [-0.4, -0.2) is 18.7 Å². The lowest BCUT2D eigenvalue weighted by Gasteiger charge is -2.17. The molecule has 1 atom stereocenters. The monoisotopic (exact) mass is 545 g/mol. The van der Waals surface area contributed by atoms with Crippen LogP contribution in [0.2, 0.25) is 5.02 Å². The van der Waals surface area contributed by atoms with Gasteiger partial charge in [-0.2, -0.15) is 0 Å². The van der Waals surface area contributed by atoms with Crippen molar-refractivity contribution in [3.05, 3.63) is 100 Å². The van der Waals surface area contributed by atoms with Crippen LogP contribution in [0.5, 0.6) is 0 Å². The molecule has 7 heteroatoms. The summed E-state index contributed by atoms with van der Waals surface area (Å²) in [6, 6.07) is 25.4. The lowest BCUT2D eigenvalue weighted by atomic mass is 9.92. The second kappa shape index (κ2) is 11.0. The minimum Gasteiger partial charge on any atom is -0.465 e. The Morgan fingerprint density at radius 2 is 1.66 bits per heavy atom. The highest BCUT2D eigenvalue weighted by Gasteiger charge is 2.52. The zero-order valence-electron chi connectivity index (χ0n) is 21.2. The quantitative estimate of drug-likeness (QED) is 0.225. The van der Waals surface area contributed by atoms with Crippen LogP contribution >= 0.6 is 22.9 Å². The van der Waals surface area contributed by atoms with E-state index in [-0.39, 0.29) is 5.97 Å². The first-order chi connectivity index (χ1) is 18.4. The molecule has 1 saturated carbocycles. The Balaban J connectivity index is 1.36. The number of nitrogens with one attached hydrogen (secondary N) is 1. The highest BCUT2D eigenvalue weighted by Crippen LogP contribution is 2.50. The lowest BCUT2D eigenvalue weighted by Crippen LogP contribution is -2.23. The largest absolute Gasteiger partial charge is 0.465 e. The third-order valence-electron chi connectivity index (χ3n) is 6.87. The molecule has 3 aromatic carbocycles. The second-order valence-electron chi connectivity index (χ2n) is 9.28. The molecule has 0 saturated heterocycles. The predicted octanol–water partition coefficient (Wildman–Crippen LogP) is 8.64. The van der Waals surface area contributed by atoms with Crippen LogP contribution < -0.4 is 5.32 Å². The number of rotatable bonds is 8. The first kappa shape index (κ1) is 26.0. The Morgan fingerprint density at radius 1 is 0.974 bits per heavy atom. The third-order valence-corrected chi connectivity index (χ3v) is 8.16. The van der Waals surface area contributed by atoms with Crippen molar-refractivity contribution in [3.8, 4) is 21.6 Å². The van der Waals surface area contributed by atoms with Gasteiger partial charge in [0.2, 0.25) is 0 Å². The van der Waals surface area contributed by atoms with Gasteiger partial charge in [-0.15, -0.1) is 11.3 Å². The molecule has 1 aliphatic rings. The number of esters is 1. The van der Waals surface area contributed by atoms with Crippen molar-refractivity contribution >= 4 is 40.7 Å². The molecule has 0 radical (unpaired) electrons. The van der Waals surface area contributed by atoms with E-state index < -0.39 is 17.6 Å². The first-order valence-electron chi connectivity index (χ1n) is 12.6. The Labute approximate surface area is 231 Å². The van der Waals surface area contributed by atoms with Crippen molar-refractivity contribution in [3.63, 3.8) is 0 Å². The average Bonchev–Trinajstić information content (AvgIpc) is 3.62. The van der Waals surface area contributed by atoms with Gasteiger partial charge in [0, 0.05) is 16.1 Å². The normalized spacial score (nSPS) is 14.4. The van der Waals surface area contributed by atoms with E-state index in [1.54, 1.807) is 24.3 Å². The summed E-state index contributed by atoms with van der Waals surface area (Å²) in [5.74, 6) is -0.141. The summed E-state index contributed by atoms with van der Waals surface area (Å²) in [7, 11) is 0. The summed E-state index contributed by atoms with van der Waals surface area (Å²) in [5, 5.41) is 5.40. The molecular formula is C31H28ClNO4S. The molecule has 5 nitrogen and oxygen atoms in total. The second-order valence-corrected chi connectivity index (χ2v) is 10.6. The molecule has 1 N–H and O–H groups in total. The van der Waals surface area contributed by atoms with Gasteiger partial charge in [-0.1, -0.05) is 78.3 Å². The fourth-order valence-electron chi connectivity index (χ4n) is 4.69. The number of carbonyl (C=O) groups is 2. The van der Waals surface area contributed by atoms with Gasteiger partial charge in [-0.3, -0.25) is 10.1 Å². The number of hydrogen-bond donors (Lipinski definition) is 1. The van der Waals surface area contributed by atoms with E-state index in [9.17, 15) is 9.59 Å². The van der Waals surface area contributed by atoms with Crippen molar-refractivity contribution in [2.24, 2.45) is 0 Å². The van der Waals surface area contributed by atoms with Gasteiger partial charge in [0.1, 0.15) is 6.10 Å². The summed E-state index contributed by atoms with van der Waals surface area (Å²) in [5.41, 5.74) is 4.97. The van der Waals surface area contributed by atoms with E-state index in [4.69, 9.17) is 21.1 Å². The van der Waals surface area contributed by atoms with Crippen LogP contribution in [0.3, 0.4) is 0 Å². The van der Waals surface area contributed by atoms with Gasteiger partial charge in [-0.25, -0.2) is 4.79 Å². The molecule has 0 aliphatic heterocycles. The molecule has 0 spiro atoms. The number of ether oxygens (including phenoxy) is 2. The lowest BCUT2D eigenvalue weighted by molar-refractivity contribution is -0.146. The Kier molecular flexibility index (Phi) is 7.54. The fourth-order valence-corrected chi connectivity index (χ4v) is 5.87. The summed E-state index contributed by atoms with van der Waals surface area (Å²) < 4.78 is 10.9. The highest BCUT2D eigenvalue weighted by atomic mass is 35.5. The Bertz CT molecular complexity index is 1460. The van der Waals surface area contributed by atoms with Crippen molar-refractivity contribution in [2.45, 2.75) is 38.2 Å². The summed E-state index contributed by atoms with van der Waals surface area (Å²) in [6.07, 6.45) is 0.586. The highest BCUT2D eigenvalue weighted by molar-refractivity contribution is 7.14. The maximum atomic E-state index is 12.8. The van der Waals surface area contributed by atoms with Gasteiger partial charge < -0.3 is 9.47 Å². The molecule has 1 unspecified atom stereocenters. The molecule has 1 amide bonds. The van der Waals surface area contributed by atoms with E-state index in [0.29, 0.717) is 17.3 Å². The van der Waals surface area contributed by atoms with Crippen LogP contribution in [0.4, 0.5) is 10.5 Å². The number of anilines is 1. The minimum absolute atomic E-state index is 0.141. The summed E-state index contributed by atoms with van der Waals surface area (Å²) >= 11 is 7.81. The predicted molar refractivity (Wildman–Crippen MR) is 153 cm³/mol. The van der Waals surface area contributed by atoms with Gasteiger partial charge in [0.25, 0.3) is 0 Å². The molecule has 38 heavy (non-hydrogen) atoms. The number of amides is 1. The maximum absolute atomic E-state index is 12.8. The zero-order valence-corrected chi connectivity index (χ0v) is 22.8. The standard InChI is InChI=1S/C31H28ClNO4S/c1-3-36-29(34)31(17-18-31)22-14-12-21(13-15-22)24-9-4-5-10-25(24)28-27(16-19-38-28)33-30(35)37-20(2)23-8-6-7-11-26(23)32/h4-16,19-20H,3,17-18H2,1-2H3,(H,33,35). The van der Waals surface area contributed by atoms with Crippen LogP contribution in [0.15, 0.2) is 84.2 Å². The van der Waals surface area contributed by atoms with Crippen LogP contribution in [-0.2, 0) is 19.7 Å². The number of carbonyl (C=O) groups excluding carboxylic acids is 2. The minimum atomic E-state index is -0.549. The Morgan fingerprint density at radius 3 is 2.34 bits per heavy atom. The van der Waals surface area contributed by atoms with Crippen molar-refractivity contribution < 1.29 is 19.1 Å². The molecule has 4 aromatic rings. The third kappa shape index (κ3) is 5.19. The van der Waals surface area contributed by atoms with Crippen molar-refractivity contribution in [1.29, 1.82) is 0 Å². The van der Waals surface area contributed by atoms with Gasteiger partial charge >= 0.3 is 12.1 Å². The van der Waals surface area contributed by atoms with Crippen LogP contribution in [0.1, 0.15) is 43.9 Å². The number of thiophene rings is 1. The van der Waals surface area contributed by atoms with Crippen LogP contribution in [0.25, 0.3) is 21.6 Å². The smallest absolute Gasteiger partial charge is 0.412 e. The topological polar surface area (TPSA) is 64.6 Å². The van der Waals surface area contributed by atoms with E-state index in [1.165, 1.54) is 0 Å². The van der Waals surface area contributed by atoms with Crippen molar-refractivity contribution in [1.82, 2.24) is 0 Å². The maximum Gasteiger partial charge on any atom is 0.412 e. The fraction of sp³-hybridized carbons (Fsp3) is 0.226. The van der Waals surface area contributed by atoms with Crippen molar-refractivity contribution in [2.75, 3.05) is 11.9 Å². The Hall–Kier alpha value is -3.61. The molecule has 5 rings (SSSR count).